The van der Waals surface area contributed by atoms with Crippen molar-refractivity contribution in [2.45, 2.75) is 6.92 Å². The van der Waals surface area contributed by atoms with Crippen molar-refractivity contribution >= 4 is 11.7 Å². The number of hydrogen-bond acceptors (Lipinski definition) is 4. The van der Waals surface area contributed by atoms with Crippen LogP contribution in [0.1, 0.15) is 17.3 Å². The van der Waals surface area contributed by atoms with Gasteiger partial charge in [0.1, 0.15) is 0 Å². The van der Waals surface area contributed by atoms with Crippen LogP contribution in [0.25, 0.3) is 11.3 Å². The van der Waals surface area contributed by atoms with Gasteiger partial charge in [0.2, 0.25) is 0 Å². The number of ether oxygens (including phenoxy) is 1. The van der Waals surface area contributed by atoms with E-state index in [0.29, 0.717) is 17.9 Å². The van der Waals surface area contributed by atoms with Crippen molar-refractivity contribution in [3.8, 4) is 11.3 Å². The van der Waals surface area contributed by atoms with Gasteiger partial charge in [0, 0.05) is 24.0 Å². The van der Waals surface area contributed by atoms with E-state index in [-0.39, 0.29) is 5.69 Å². The highest BCUT2D eigenvalue weighted by molar-refractivity contribution is 5.90. The summed E-state index contributed by atoms with van der Waals surface area (Å²) < 4.78 is 4.88. The van der Waals surface area contributed by atoms with Crippen molar-refractivity contribution in [3.63, 3.8) is 0 Å². The third kappa shape index (κ3) is 2.79. The van der Waals surface area contributed by atoms with Gasteiger partial charge in [-0.2, -0.15) is 0 Å². The van der Waals surface area contributed by atoms with Gasteiger partial charge in [-0.05, 0) is 30.7 Å². The zero-order valence-corrected chi connectivity index (χ0v) is 10.3. The Morgan fingerprint density at radius 3 is 2.63 bits per heavy atom. The molecule has 0 fully saturated rings. The van der Waals surface area contributed by atoms with Crippen LogP contribution in [0, 0.1) is 10.1 Å². The number of carbonyl (C=O) groups excluding carboxylic acids is 1. The van der Waals surface area contributed by atoms with Gasteiger partial charge in [-0.25, -0.2) is 4.79 Å². The molecule has 1 aromatic carbocycles. The fourth-order valence-electron chi connectivity index (χ4n) is 1.66. The molecular weight excluding hydrogens is 248 g/mol. The number of nitrogens with one attached hydrogen (secondary N) is 1. The van der Waals surface area contributed by atoms with Crippen LogP contribution in [0.2, 0.25) is 0 Å². The molecule has 6 nitrogen and oxygen atoms in total. The largest absolute Gasteiger partial charge is 0.462 e. The molecule has 0 atom stereocenters. The number of carbonyl (C=O) groups is 1. The van der Waals surface area contributed by atoms with Gasteiger partial charge >= 0.3 is 5.97 Å². The van der Waals surface area contributed by atoms with E-state index < -0.39 is 10.9 Å². The molecule has 19 heavy (non-hydrogen) atoms. The number of aromatic amines is 1. The van der Waals surface area contributed by atoms with Crippen LogP contribution in [-0.4, -0.2) is 22.5 Å². The van der Waals surface area contributed by atoms with E-state index in [1.165, 1.54) is 12.1 Å². The quantitative estimate of drug-likeness (QED) is 0.520. The fraction of sp³-hybridized carbons (Fsp3) is 0.154. The summed E-state index contributed by atoms with van der Waals surface area (Å²) in [6.45, 7) is 2.05. The zero-order chi connectivity index (χ0) is 13.8. The smallest absolute Gasteiger partial charge is 0.339 e. The lowest BCUT2D eigenvalue weighted by Crippen LogP contribution is -2.02. The Morgan fingerprint density at radius 2 is 2.05 bits per heavy atom. The third-order valence-electron chi connectivity index (χ3n) is 2.58. The lowest BCUT2D eigenvalue weighted by atomic mass is 10.1. The van der Waals surface area contributed by atoms with Gasteiger partial charge in [0.25, 0.3) is 5.69 Å². The number of rotatable bonds is 4. The lowest BCUT2D eigenvalue weighted by Gasteiger charge is -1.98. The maximum absolute atomic E-state index is 11.5. The summed E-state index contributed by atoms with van der Waals surface area (Å²) in [5, 5.41) is 10.6. The zero-order valence-electron chi connectivity index (χ0n) is 10.3. The SMILES string of the molecule is CCOC(=O)c1c[nH]c(-c2ccc([N+](=O)[O-])cc2)c1. The second-order valence-corrected chi connectivity index (χ2v) is 3.83. The topological polar surface area (TPSA) is 85.2 Å². The molecule has 2 rings (SSSR count). The van der Waals surface area contributed by atoms with E-state index >= 15 is 0 Å². The number of nitro groups is 1. The van der Waals surface area contributed by atoms with Crippen LogP contribution >= 0.6 is 0 Å². The first-order valence-corrected chi connectivity index (χ1v) is 5.72. The Balaban J connectivity index is 2.23. The molecule has 0 amide bonds. The summed E-state index contributed by atoms with van der Waals surface area (Å²) in [6.07, 6.45) is 1.55. The van der Waals surface area contributed by atoms with Crippen molar-refractivity contribution in [3.05, 3.63) is 52.2 Å². The normalized spacial score (nSPS) is 10.2. The molecule has 0 bridgehead atoms. The average molecular weight is 260 g/mol. The standard InChI is InChI=1S/C13H12N2O4/c1-2-19-13(16)10-7-12(14-8-10)9-3-5-11(6-4-9)15(17)18/h3-8,14H,2H2,1H3. The molecule has 0 radical (unpaired) electrons. The van der Waals surface area contributed by atoms with Crippen molar-refractivity contribution in [1.29, 1.82) is 0 Å². The Bertz CT molecular complexity index is 601. The van der Waals surface area contributed by atoms with Gasteiger partial charge in [0.15, 0.2) is 0 Å². The van der Waals surface area contributed by atoms with Crippen LogP contribution in [0.3, 0.4) is 0 Å². The number of hydrogen-bond donors (Lipinski definition) is 1. The van der Waals surface area contributed by atoms with Crippen LogP contribution < -0.4 is 0 Å². The Morgan fingerprint density at radius 1 is 1.37 bits per heavy atom. The summed E-state index contributed by atoms with van der Waals surface area (Å²) in [5.41, 5.74) is 1.93. The Hall–Kier alpha value is -2.63. The summed E-state index contributed by atoms with van der Waals surface area (Å²) in [4.78, 5) is 24.5. The van der Waals surface area contributed by atoms with Gasteiger partial charge in [-0.3, -0.25) is 10.1 Å². The first kappa shape index (κ1) is 12.8. The first-order chi connectivity index (χ1) is 9.11. The molecule has 2 aromatic rings. The number of H-pyrrole nitrogens is 1. The summed E-state index contributed by atoms with van der Waals surface area (Å²) in [7, 11) is 0. The molecule has 1 aromatic heterocycles. The Labute approximate surface area is 109 Å². The van der Waals surface area contributed by atoms with E-state index in [9.17, 15) is 14.9 Å². The fourth-order valence-corrected chi connectivity index (χ4v) is 1.66. The average Bonchev–Trinajstić information content (AvgIpc) is 2.89. The van der Waals surface area contributed by atoms with Crippen molar-refractivity contribution < 1.29 is 14.5 Å². The minimum atomic E-state index is -0.456. The molecule has 1 N–H and O–H groups in total. The van der Waals surface area contributed by atoms with Gasteiger partial charge in [-0.15, -0.1) is 0 Å². The molecule has 0 saturated heterocycles. The minimum absolute atomic E-state index is 0.0286. The highest BCUT2D eigenvalue weighted by Gasteiger charge is 2.11. The highest BCUT2D eigenvalue weighted by Crippen LogP contribution is 2.22. The van der Waals surface area contributed by atoms with Gasteiger partial charge in [0.05, 0.1) is 17.1 Å². The van der Waals surface area contributed by atoms with Crippen molar-refractivity contribution in [1.82, 2.24) is 4.98 Å². The first-order valence-electron chi connectivity index (χ1n) is 5.72. The Kier molecular flexibility index (Phi) is 3.61. The van der Waals surface area contributed by atoms with E-state index in [0.717, 1.165) is 5.56 Å². The molecular formula is C13H12N2O4. The number of aromatic nitrogens is 1. The monoisotopic (exact) mass is 260 g/mol. The van der Waals surface area contributed by atoms with Crippen molar-refractivity contribution in [2.75, 3.05) is 6.61 Å². The highest BCUT2D eigenvalue weighted by atomic mass is 16.6. The lowest BCUT2D eigenvalue weighted by molar-refractivity contribution is -0.384. The van der Waals surface area contributed by atoms with E-state index in [2.05, 4.69) is 4.98 Å². The molecule has 0 saturated carbocycles. The summed E-state index contributed by atoms with van der Waals surface area (Å²) in [6, 6.07) is 7.73. The van der Waals surface area contributed by atoms with E-state index in [4.69, 9.17) is 4.74 Å². The van der Waals surface area contributed by atoms with Crippen molar-refractivity contribution in [2.24, 2.45) is 0 Å². The second kappa shape index (κ2) is 5.34. The third-order valence-corrected chi connectivity index (χ3v) is 2.58. The number of nitro benzene ring substituents is 1. The number of non-ortho nitro benzene ring substituents is 1. The van der Waals surface area contributed by atoms with Crippen LogP contribution in [-0.2, 0) is 4.74 Å². The van der Waals surface area contributed by atoms with E-state index in [1.807, 2.05) is 0 Å². The molecule has 0 aliphatic carbocycles. The van der Waals surface area contributed by atoms with Gasteiger partial charge in [-0.1, -0.05) is 0 Å². The van der Waals surface area contributed by atoms with E-state index in [1.54, 1.807) is 31.3 Å². The molecule has 98 valence electrons. The van der Waals surface area contributed by atoms with Crippen LogP contribution in [0.5, 0.6) is 0 Å². The molecule has 0 spiro atoms. The molecule has 6 heteroatoms. The number of nitrogens with zero attached hydrogens (tertiary/aromatic N) is 1. The predicted molar refractivity (Wildman–Crippen MR) is 68.8 cm³/mol. The minimum Gasteiger partial charge on any atom is -0.462 e. The second-order valence-electron chi connectivity index (χ2n) is 3.83. The molecule has 0 unspecified atom stereocenters. The summed E-state index contributed by atoms with van der Waals surface area (Å²) in [5.74, 6) is -0.396. The predicted octanol–water partition coefficient (Wildman–Crippen LogP) is 2.77. The number of benzene rings is 1. The molecule has 0 aliphatic heterocycles. The summed E-state index contributed by atoms with van der Waals surface area (Å²) >= 11 is 0. The van der Waals surface area contributed by atoms with Crippen LogP contribution in [0.15, 0.2) is 36.5 Å². The maximum Gasteiger partial charge on any atom is 0.339 e. The number of esters is 1. The van der Waals surface area contributed by atoms with Gasteiger partial charge < -0.3 is 9.72 Å². The molecule has 1 heterocycles. The maximum atomic E-state index is 11.5. The molecule has 0 aliphatic rings. The van der Waals surface area contributed by atoms with Crippen LogP contribution in [0.4, 0.5) is 5.69 Å².